The van der Waals surface area contributed by atoms with Gasteiger partial charge in [0.05, 0.1) is 24.9 Å². The average molecular weight is 286 g/mol. The largest absolute Gasteiger partial charge is 0.481 e. The summed E-state index contributed by atoms with van der Waals surface area (Å²) in [5.41, 5.74) is 3.73. The first kappa shape index (κ1) is 14.8. The van der Waals surface area contributed by atoms with Crippen LogP contribution in [0.4, 0.5) is 5.69 Å². The highest BCUT2D eigenvalue weighted by Crippen LogP contribution is 2.17. The van der Waals surface area contributed by atoms with E-state index in [4.69, 9.17) is 9.84 Å². The molecule has 21 heavy (non-hydrogen) atoms. The summed E-state index contributed by atoms with van der Waals surface area (Å²) in [6.07, 6.45) is 0. The van der Waals surface area contributed by atoms with Gasteiger partial charge in [-0.15, -0.1) is 0 Å². The van der Waals surface area contributed by atoms with Gasteiger partial charge in [-0.1, -0.05) is 6.07 Å². The highest BCUT2D eigenvalue weighted by molar-refractivity contribution is 5.89. The van der Waals surface area contributed by atoms with Crippen LogP contribution in [0.25, 0.3) is 0 Å². The maximum Gasteiger partial charge on any atom is 0.335 e. The molecule has 0 aliphatic rings. The van der Waals surface area contributed by atoms with Crippen LogP contribution in [0.15, 0.2) is 30.3 Å². The predicted molar refractivity (Wildman–Crippen MR) is 81.0 cm³/mol. The maximum atomic E-state index is 11.0. The van der Waals surface area contributed by atoms with E-state index in [9.17, 15) is 4.79 Å². The quantitative estimate of drug-likeness (QED) is 0.884. The van der Waals surface area contributed by atoms with Crippen molar-refractivity contribution in [1.29, 1.82) is 0 Å². The number of aromatic nitrogens is 1. The second-order valence-corrected chi connectivity index (χ2v) is 4.88. The Bertz CT molecular complexity index is 669. The lowest BCUT2D eigenvalue weighted by molar-refractivity contribution is 0.0697. The normalized spacial score (nSPS) is 10.2. The zero-order valence-corrected chi connectivity index (χ0v) is 12.3. The number of nitrogens with one attached hydrogen (secondary N) is 1. The van der Waals surface area contributed by atoms with Crippen LogP contribution in [0, 0.1) is 13.8 Å². The molecular weight excluding hydrogens is 268 g/mol. The summed E-state index contributed by atoms with van der Waals surface area (Å²) in [4.78, 5) is 15.4. The number of methoxy groups -OCH3 is 1. The van der Waals surface area contributed by atoms with E-state index in [-0.39, 0.29) is 5.56 Å². The number of carboxylic acid groups (broad SMARTS) is 1. The van der Waals surface area contributed by atoms with Gasteiger partial charge in [-0.05, 0) is 43.7 Å². The van der Waals surface area contributed by atoms with Crippen LogP contribution in [0.3, 0.4) is 0 Å². The monoisotopic (exact) mass is 286 g/mol. The number of benzene rings is 1. The zero-order valence-electron chi connectivity index (χ0n) is 12.3. The van der Waals surface area contributed by atoms with Crippen LogP contribution in [0.5, 0.6) is 5.88 Å². The minimum absolute atomic E-state index is 0.270. The van der Waals surface area contributed by atoms with Crippen molar-refractivity contribution in [3.63, 3.8) is 0 Å². The Morgan fingerprint density at radius 3 is 2.71 bits per heavy atom. The number of hydrogen-bond donors (Lipinski definition) is 2. The summed E-state index contributed by atoms with van der Waals surface area (Å²) in [6, 6.07) is 9.01. The summed E-state index contributed by atoms with van der Waals surface area (Å²) < 4.78 is 5.19. The summed E-state index contributed by atoms with van der Waals surface area (Å²) in [5, 5.41) is 12.2. The SMILES string of the molecule is COc1nc(CNc2cc(C)cc(C(=O)O)c2)ccc1C. The molecule has 1 aromatic carbocycles. The van der Waals surface area contributed by atoms with Crippen LogP contribution in [0.2, 0.25) is 0 Å². The van der Waals surface area contributed by atoms with Gasteiger partial charge in [0.2, 0.25) is 5.88 Å². The van der Waals surface area contributed by atoms with Crippen molar-refractivity contribution >= 4 is 11.7 Å². The molecule has 0 fully saturated rings. The molecule has 0 aliphatic carbocycles. The standard InChI is InChI=1S/C16H18N2O3/c1-10-6-12(16(19)20)8-14(7-10)17-9-13-5-4-11(2)15(18-13)21-3/h4-8,17H,9H2,1-3H3,(H,19,20). The molecule has 1 heterocycles. The topological polar surface area (TPSA) is 71.5 Å². The van der Waals surface area contributed by atoms with E-state index >= 15 is 0 Å². The van der Waals surface area contributed by atoms with Crippen LogP contribution >= 0.6 is 0 Å². The Kier molecular flexibility index (Phi) is 4.42. The minimum atomic E-state index is -0.933. The summed E-state index contributed by atoms with van der Waals surface area (Å²) in [6.45, 7) is 4.30. The molecule has 2 rings (SSSR count). The maximum absolute atomic E-state index is 11.0. The van der Waals surface area contributed by atoms with E-state index in [0.29, 0.717) is 12.4 Å². The fourth-order valence-electron chi connectivity index (χ4n) is 2.05. The van der Waals surface area contributed by atoms with Gasteiger partial charge >= 0.3 is 5.97 Å². The number of aryl methyl sites for hydroxylation is 2. The third kappa shape index (κ3) is 3.72. The number of ether oxygens (including phenoxy) is 1. The van der Waals surface area contributed by atoms with Gasteiger partial charge in [-0.3, -0.25) is 0 Å². The summed E-state index contributed by atoms with van der Waals surface area (Å²) in [5.74, 6) is -0.332. The van der Waals surface area contributed by atoms with Crippen molar-refractivity contribution in [3.8, 4) is 5.88 Å². The molecule has 110 valence electrons. The number of anilines is 1. The van der Waals surface area contributed by atoms with Crippen molar-refractivity contribution in [2.75, 3.05) is 12.4 Å². The molecule has 0 spiro atoms. The van der Waals surface area contributed by atoms with Gasteiger partial charge < -0.3 is 15.2 Å². The number of aromatic carboxylic acids is 1. The lowest BCUT2D eigenvalue weighted by Crippen LogP contribution is -2.05. The second-order valence-electron chi connectivity index (χ2n) is 4.88. The molecule has 0 saturated heterocycles. The molecule has 1 aromatic heterocycles. The van der Waals surface area contributed by atoms with Gasteiger partial charge in [0.15, 0.2) is 0 Å². The molecule has 2 aromatic rings. The van der Waals surface area contributed by atoms with Crippen LogP contribution in [-0.2, 0) is 6.54 Å². The Hall–Kier alpha value is -2.56. The lowest BCUT2D eigenvalue weighted by atomic mass is 10.1. The van der Waals surface area contributed by atoms with Crippen LogP contribution < -0.4 is 10.1 Å². The fraction of sp³-hybridized carbons (Fsp3) is 0.250. The Morgan fingerprint density at radius 2 is 2.05 bits per heavy atom. The molecule has 5 heteroatoms. The predicted octanol–water partition coefficient (Wildman–Crippen LogP) is 3.02. The highest BCUT2D eigenvalue weighted by atomic mass is 16.5. The molecule has 0 atom stereocenters. The fourth-order valence-corrected chi connectivity index (χ4v) is 2.05. The van der Waals surface area contributed by atoms with Crippen molar-refractivity contribution in [3.05, 3.63) is 52.7 Å². The highest BCUT2D eigenvalue weighted by Gasteiger charge is 2.06. The smallest absolute Gasteiger partial charge is 0.335 e. The Morgan fingerprint density at radius 1 is 1.29 bits per heavy atom. The number of pyridine rings is 1. The minimum Gasteiger partial charge on any atom is -0.481 e. The van der Waals surface area contributed by atoms with Crippen LogP contribution in [0.1, 0.15) is 27.2 Å². The third-order valence-electron chi connectivity index (χ3n) is 3.10. The van der Waals surface area contributed by atoms with Crippen molar-refractivity contribution in [2.45, 2.75) is 20.4 Å². The zero-order chi connectivity index (χ0) is 15.4. The van der Waals surface area contributed by atoms with Gasteiger partial charge in [0.25, 0.3) is 0 Å². The van der Waals surface area contributed by atoms with E-state index in [1.165, 1.54) is 0 Å². The lowest BCUT2D eigenvalue weighted by Gasteiger charge is -2.10. The number of hydrogen-bond acceptors (Lipinski definition) is 4. The first-order valence-corrected chi connectivity index (χ1v) is 6.59. The summed E-state index contributed by atoms with van der Waals surface area (Å²) in [7, 11) is 1.59. The van der Waals surface area contributed by atoms with Gasteiger partial charge in [-0.25, -0.2) is 9.78 Å². The van der Waals surface area contributed by atoms with E-state index in [1.807, 2.05) is 32.0 Å². The first-order chi connectivity index (χ1) is 9.99. The molecule has 5 nitrogen and oxygen atoms in total. The first-order valence-electron chi connectivity index (χ1n) is 6.59. The van der Waals surface area contributed by atoms with E-state index < -0.39 is 5.97 Å². The summed E-state index contributed by atoms with van der Waals surface area (Å²) >= 11 is 0. The Labute approximate surface area is 123 Å². The second kappa shape index (κ2) is 6.26. The van der Waals surface area contributed by atoms with E-state index in [2.05, 4.69) is 10.3 Å². The average Bonchev–Trinajstić information content (AvgIpc) is 2.45. The molecule has 0 bridgehead atoms. The number of rotatable bonds is 5. The molecule has 0 aliphatic heterocycles. The molecule has 0 radical (unpaired) electrons. The van der Waals surface area contributed by atoms with Gasteiger partial charge in [0, 0.05) is 11.3 Å². The number of carbonyl (C=O) groups is 1. The molecule has 0 unspecified atom stereocenters. The van der Waals surface area contributed by atoms with Gasteiger partial charge in [-0.2, -0.15) is 0 Å². The van der Waals surface area contributed by atoms with Crippen LogP contribution in [-0.4, -0.2) is 23.2 Å². The Balaban J connectivity index is 2.14. The van der Waals surface area contributed by atoms with Crippen molar-refractivity contribution < 1.29 is 14.6 Å². The molecular formula is C16H18N2O3. The van der Waals surface area contributed by atoms with Crippen molar-refractivity contribution in [2.24, 2.45) is 0 Å². The molecule has 2 N–H and O–H groups in total. The number of nitrogens with zero attached hydrogens (tertiary/aromatic N) is 1. The molecule has 0 amide bonds. The van der Waals surface area contributed by atoms with Crippen molar-refractivity contribution in [1.82, 2.24) is 4.98 Å². The molecule has 0 saturated carbocycles. The van der Waals surface area contributed by atoms with E-state index in [1.54, 1.807) is 19.2 Å². The van der Waals surface area contributed by atoms with E-state index in [0.717, 1.165) is 22.5 Å². The number of carboxylic acids is 1. The van der Waals surface area contributed by atoms with Gasteiger partial charge in [0.1, 0.15) is 0 Å². The third-order valence-corrected chi connectivity index (χ3v) is 3.10.